The Balaban J connectivity index is 0.000000275. The number of halogens is 7. The smallest absolute Gasteiger partial charge is 0.416 e. The average molecular weight is 1190 g/mol. The molecule has 2 aliphatic rings. The number of ether oxygens (including phenoxy) is 4. The fraction of sp³-hybridized carbons (Fsp3) is 0.349. The van der Waals surface area contributed by atoms with E-state index in [1.54, 1.807) is 150 Å². The first kappa shape index (κ1) is 65.1. The molecule has 0 saturated heterocycles. The molecule has 0 fully saturated rings. The van der Waals surface area contributed by atoms with Gasteiger partial charge in [0.25, 0.3) is 0 Å². The molecule has 0 spiro atoms. The molecule has 0 unspecified atom stereocenters. The van der Waals surface area contributed by atoms with E-state index in [4.69, 9.17) is 24.1 Å². The van der Waals surface area contributed by atoms with Crippen LogP contribution in [-0.2, 0) is 67.1 Å². The lowest BCUT2D eigenvalue weighted by atomic mass is 9.99. The van der Waals surface area contributed by atoms with Crippen LogP contribution in [0.2, 0.25) is 0 Å². The van der Waals surface area contributed by atoms with Crippen molar-refractivity contribution >= 4 is 53.6 Å². The van der Waals surface area contributed by atoms with E-state index in [9.17, 15) is 50.3 Å². The van der Waals surface area contributed by atoms with Crippen molar-refractivity contribution in [2.75, 3.05) is 49.1 Å². The maximum atomic E-state index is 14.0. The van der Waals surface area contributed by atoms with Gasteiger partial charge in [-0.15, -0.1) is 12.4 Å². The summed E-state index contributed by atoms with van der Waals surface area (Å²) >= 11 is 0. The first-order chi connectivity index (χ1) is 39.1. The van der Waals surface area contributed by atoms with Crippen LogP contribution in [0, 0.1) is 0 Å². The zero-order valence-corrected chi connectivity index (χ0v) is 48.1. The first-order valence-electron chi connectivity index (χ1n) is 26.9. The topological polar surface area (TPSA) is 164 Å². The number of aliphatic carboxylic acids is 1. The van der Waals surface area contributed by atoms with Crippen molar-refractivity contribution in [1.82, 2.24) is 10.2 Å². The molecule has 0 bridgehead atoms. The van der Waals surface area contributed by atoms with Gasteiger partial charge < -0.3 is 39.2 Å². The van der Waals surface area contributed by atoms with E-state index in [2.05, 4.69) is 5.32 Å². The summed E-state index contributed by atoms with van der Waals surface area (Å²) in [6.07, 6.45) is -8.94. The summed E-state index contributed by atoms with van der Waals surface area (Å²) in [6.45, 7) is 10.4. The molecule has 6 aromatic rings. The Morgan fingerprint density at radius 3 is 1.44 bits per heavy atom. The van der Waals surface area contributed by atoms with Crippen LogP contribution in [0.4, 0.5) is 42.5 Å². The number of rotatable bonds is 18. The van der Waals surface area contributed by atoms with Crippen LogP contribution >= 0.6 is 12.4 Å². The summed E-state index contributed by atoms with van der Waals surface area (Å²) in [5.74, 6) is -1.22. The van der Waals surface area contributed by atoms with E-state index in [-0.39, 0.29) is 87.6 Å². The lowest BCUT2D eigenvalue weighted by Gasteiger charge is -2.29. The lowest BCUT2D eigenvalue weighted by Crippen LogP contribution is -2.45. The average Bonchev–Trinajstić information content (AvgIpc) is 4.19. The fourth-order valence-corrected chi connectivity index (χ4v) is 9.24. The van der Waals surface area contributed by atoms with Gasteiger partial charge >= 0.3 is 30.4 Å². The quantitative estimate of drug-likeness (QED) is 0.0478. The molecule has 14 nitrogen and oxygen atoms in total. The number of carbonyl (C=O) groups excluding carboxylic acids is 4. The third-order valence-electron chi connectivity index (χ3n) is 13.1. The highest BCUT2D eigenvalue weighted by Gasteiger charge is 2.36. The second kappa shape index (κ2) is 28.0. The van der Waals surface area contributed by atoms with Crippen molar-refractivity contribution in [2.45, 2.75) is 104 Å². The van der Waals surface area contributed by atoms with Crippen LogP contribution in [-0.4, -0.2) is 90.3 Å². The Hall–Kier alpha value is -8.10. The van der Waals surface area contributed by atoms with Gasteiger partial charge in [-0.3, -0.25) is 24.1 Å². The molecule has 6 aromatic carbocycles. The second-order valence-corrected chi connectivity index (χ2v) is 21.8. The van der Waals surface area contributed by atoms with E-state index < -0.39 is 52.7 Å². The Bertz CT molecular complexity index is 3280. The minimum Gasteiger partial charge on any atom is -0.489 e. The highest BCUT2D eigenvalue weighted by molar-refractivity contribution is 5.98. The number of benzene rings is 6. The summed E-state index contributed by atoms with van der Waals surface area (Å²) < 4.78 is 106. The van der Waals surface area contributed by atoms with Gasteiger partial charge in [0.15, 0.2) is 0 Å². The number of hydrogen-bond donors (Lipinski definition) is 2. The highest BCUT2D eigenvalue weighted by atomic mass is 35.5. The summed E-state index contributed by atoms with van der Waals surface area (Å²) in [7, 11) is 0. The fourth-order valence-electron chi connectivity index (χ4n) is 9.24. The van der Waals surface area contributed by atoms with Gasteiger partial charge in [0.05, 0.1) is 30.5 Å². The lowest BCUT2D eigenvalue weighted by molar-refractivity contribution is -0.155. The van der Waals surface area contributed by atoms with Gasteiger partial charge in [-0.2, -0.15) is 26.3 Å². The third kappa shape index (κ3) is 18.4. The normalized spacial score (nSPS) is 12.9. The number of nitrogens with one attached hydrogen (secondary N) is 1. The minimum atomic E-state index is -4.57. The minimum absolute atomic E-state index is 0. The number of hydrogen-bond acceptors (Lipinski definition) is 10. The van der Waals surface area contributed by atoms with E-state index in [1.807, 2.05) is 6.07 Å². The number of esters is 1. The monoisotopic (exact) mass is 1190 g/mol. The van der Waals surface area contributed by atoms with Gasteiger partial charge in [0, 0.05) is 48.7 Å². The predicted molar refractivity (Wildman–Crippen MR) is 308 cm³/mol. The zero-order valence-electron chi connectivity index (χ0n) is 47.3. The molecule has 2 heterocycles. The number of carbonyl (C=O) groups is 5. The molecule has 0 atom stereocenters. The Morgan fingerprint density at radius 1 is 0.560 bits per heavy atom. The summed E-state index contributed by atoms with van der Waals surface area (Å²) in [5.41, 5.74) is 2.31. The van der Waals surface area contributed by atoms with Crippen molar-refractivity contribution in [3.05, 3.63) is 167 Å². The van der Waals surface area contributed by atoms with Crippen LogP contribution in [0.5, 0.6) is 11.5 Å². The number of carboxylic acids is 1. The summed E-state index contributed by atoms with van der Waals surface area (Å²) in [6, 6.07) is 36.3. The zero-order chi connectivity index (χ0) is 60.3. The van der Waals surface area contributed by atoms with E-state index in [1.165, 1.54) is 21.9 Å². The van der Waals surface area contributed by atoms with Crippen LogP contribution < -0.4 is 24.6 Å². The number of amides is 3. The largest absolute Gasteiger partial charge is 0.489 e. The van der Waals surface area contributed by atoms with Gasteiger partial charge in [0.2, 0.25) is 11.8 Å². The molecule has 0 aromatic heterocycles. The van der Waals surface area contributed by atoms with Crippen LogP contribution in [0.25, 0.3) is 22.3 Å². The van der Waals surface area contributed by atoms with Gasteiger partial charge in [0.1, 0.15) is 42.5 Å². The molecular weight excluding hydrogens is 1120 g/mol. The number of alkyl halides is 6. The number of fused-ring (bicyclic) bond motifs is 2. The van der Waals surface area contributed by atoms with Crippen LogP contribution in [0.15, 0.2) is 133 Å². The highest BCUT2D eigenvalue weighted by Crippen LogP contribution is 2.39. The molecule has 21 heteroatoms. The molecule has 448 valence electrons. The number of nitrogens with zero attached hydrogens (tertiary/aromatic N) is 3. The molecule has 0 aliphatic carbocycles. The van der Waals surface area contributed by atoms with Crippen molar-refractivity contribution in [3.8, 4) is 33.8 Å². The van der Waals surface area contributed by atoms with Crippen LogP contribution in [0.3, 0.4) is 0 Å². The second-order valence-electron chi connectivity index (χ2n) is 21.8. The summed E-state index contributed by atoms with van der Waals surface area (Å²) in [4.78, 5) is 66.1. The standard InChI is InChI=1S/C36H41F3N2O6.C27H25F3N2O4.ClH/c1-34(2,3)46-32(43)17-18-40(33(44)47-35(4,5)6)22-31(42)41-19-16-26-20-28(14-15-30(26)41)45-23-27-13-12-25(21-29(27)36(37,38)39)24-10-8-7-9-11-24;28-27(29,30)23-15-19(18-4-2-1-3-5-18)6-7-21(23)17-36-22-8-9-24-20(14-22)11-13-32(24)25(33)16-31-12-10-26(34)35;/h7-15,20-21H,16-19,22-23H2,1-6H3;1-9,14-15,31H,10-13,16-17H2,(H,34,35);1H. The molecule has 0 radical (unpaired) electrons. The molecule has 84 heavy (non-hydrogen) atoms. The maximum absolute atomic E-state index is 14.0. The predicted octanol–water partition coefficient (Wildman–Crippen LogP) is 13.1. The molecular formula is C63H67ClF6N4O10. The molecule has 2 N–H and O–H groups in total. The van der Waals surface area contributed by atoms with Crippen LogP contribution in [0.1, 0.15) is 87.8 Å². The first-order valence-corrected chi connectivity index (χ1v) is 26.9. The van der Waals surface area contributed by atoms with E-state index in [0.717, 1.165) is 28.9 Å². The van der Waals surface area contributed by atoms with Gasteiger partial charge in [-0.1, -0.05) is 84.9 Å². The van der Waals surface area contributed by atoms with Gasteiger partial charge in [-0.05, 0) is 136 Å². The SMILES string of the molecule is CC(C)(C)OC(=O)CCN(CC(=O)N1CCc2cc(OCc3ccc(-c4ccccc4)cc3C(F)(F)F)ccc21)C(=O)OC(C)(C)C.Cl.O=C(O)CCNCC(=O)N1CCc2cc(OCc3ccc(-c4ccccc4)cc3C(F)(F)F)ccc21. The van der Waals surface area contributed by atoms with Gasteiger partial charge in [-0.25, -0.2) is 4.79 Å². The van der Waals surface area contributed by atoms with E-state index >= 15 is 0 Å². The number of anilines is 2. The number of carboxylic acid groups (broad SMARTS) is 1. The Labute approximate surface area is 490 Å². The summed E-state index contributed by atoms with van der Waals surface area (Å²) in [5, 5.41) is 11.5. The Morgan fingerprint density at radius 2 is 1.01 bits per heavy atom. The van der Waals surface area contributed by atoms with Crippen molar-refractivity contribution < 1.29 is 74.4 Å². The Kier molecular flexibility index (Phi) is 21.7. The molecule has 3 amide bonds. The van der Waals surface area contributed by atoms with E-state index in [0.29, 0.717) is 65.4 Å². The van der Waals surface area contributed by atoms with Crippen molar-refractivity contribution in [2.24, 2.45) is 0 Å². The van der Waals surface area contributed by atoms with Crippen molar-refractivity contribution in [3.63, 3.8) is 0 Å². The molecule has 8 rings (SSSR count). The molecule has 2 aliphatic heterocycles. The molecule has 0 saturated carbocycles. The third-order valence-corrected chi connectivity index (χ3v) is 13.1. The van der Waals surface area contributed by atoms with Crippen molar-refractivity contribution in [1.29, 1.82) is 0 Å². The maximum Gasteiger partial charge on any atom is 0.416 e.